The lowest BCUT2D eigenvalue weighted by atomic mass is 9.98. The molecule has 0 heterocycles. The van der Waals surface area contributed by atoms with E-state index in [-0.39, 0.29) is 29.5 Å². The third-order valence-corrected chi connectivity index (χ3v) is 5.94. The second kappa shape index (κ2) is 11.0. The molecule has 3 N–H and O–H groups in total. The van der Waals surface area contributed by atoms with E-state index in [1.165, 1.54) is 12.1 Å². The zero-order valence-electron chi connectivity index (χ0n) is 21.9. The van der Waals surface area contributed by atoms with Crippen LogP contribution in [0.2, 0.25) is 0 Å². The lowest BCUT2D eigenvalue weighted by Gasteiger charge is -2.36. The van der Waals surface area contributed by atoms with Gasteiger partial charge in [-0.25, -0.2) is 4.79 Å². The van der Waals surface area contributed by atoms with Crippen LogP contribution >= 0.6 is 0 Å². The Labute approximate surface area is 213 Å². The number of carbonyl (C=O) groups is 3. The minimum absolute atomic E-state index is 0.0627. The average Bonchev–Trinajstić information content (AvgIpc) is 3.61. The van der Waals surface area contributed by atoms with Crippen LogP contribution in [-0.2, 0) is 14.3 Å². The lowest BCUT2D eigenvalue weighted by Crippen LogP contribution is -2.55. The fourth-order valence-electron chi connectivity index (χ4n) is 3.99. The maximum Gasteiger partial charge on any atom is 0.408 e. The Hall–Kier alpha value is -3.55. The number of aryl methyl sites for hydroxylation is 1. The number of rotatable bonds is 8. The summed E-state index contributed by atoms with van der Waals surface area (Å²) in [7, 11) is 0. The van der Waals surface area contributed by atoms with Crippen LogP contribution in [0.5, 0.6) is 5.75 Å². The summed E-state index contributed by atoms with van der Waals surface area (Å²) in [4.78, 5) is 41.9. The second-order valence-electron chi connectivity index (χ2n) is 10.6. The van der Waals surface area contributed by atoms with Gasteiger partial charge < -0.3 is 25.4 Å². The predicted molar refractivity (Wildman–Crippen MR) is 139 cm³/mol. The maximum atomic E-state index is 14.0. The maximum absolute atomic E-state index is 14.0. The van der Waals surface area contributed by atoms with Crippen LogP contribution in [0.3, 0.4) is 0 Å². The molecule has 0 radical (unpaired) electrons. The molecule has 0 aromatic heterocycles. The van der Waals surface area contributed by atoms with Gasteiger partial charge in [0.25, 0.3) is 5.91 Å². The molecule has 0 saturated heterocycles. The second-order valence-corrected chi connectivity index (χ2v) is 10.6. The number of amides is 3. The first-order valence-corrected chi connectivity index (χ1v) is 12.3. The molecule has 8 nitrogen and oxygen atoms in total. The minimum Gasteiger partial charge on any atom is -0.508 e. The van der Waals surface area contributed by atoms with Crippen molar-refractivity contribution in [1.82, 2.24) is 10.2 Å². The van der Waals surface area contributed by atoms with Crippen molar-refractivity contribution < 1.29 is 24.2 Å². The molecule has 2 aromatic rings. The van der Waals surface area contributed by atoms with Gasteiger partial charge >= 0.3 is 6.09 Å². The number of nitrogens with zero attached hydrogens (tertiary/aromatic N) is 1. The monoisotopic (exact) mass is 495 g/mol. The first-order valence-electron chi connectivity index (χ1n) is 12.3. The van der Waals surface area contributed by atoms with Crippen LogP contribution in [0.25, 0.3) is 0 Å². The van der Waals surface area contributed by atoms with E-state index < -0.39 is 23.8 Å². The Balaban J connectivity index is 1.98. The highest BCUT2D eigenvalue weighted by Gasteiger charge is 2.44. The molecular weight excluding hydrogens is 458 g/mol. The van der Waals surface area contributed by atoms with Gasteiger partial charge in [0, 0.05) is 11.7 Å². The molecule has 8 heteroatoms. The number of ether oxygens (including phenoxy) is 1. The Kier molecular flexibility index (Phi) is 8.28. The SMILES string of the molecule is Cc1ccccc1NC(=O)C(c1ccc(O)cc1)N(C(=O)C(NC(=O)OC(C)(C)C)C(C)C)C1CC1. The molecule has 3 rings (SSSR count). The van der Waals surface area contributed by atoms with E-state index in [4.69, 9.17) is 4.74 Å². The van der Waals surface area contributed by atoms with E-state index >= 15 is 0 Å². The lowest BCUT2D eigenvalue weighted by molar-refractivity contribution is -0.142. The molecular formula is C28H37N3O5. The van der Waals surface area contributed by atoms with E-state index in [2.05, 4.69) is 10.6 Å². The van der Waals surface area contributed by atoms with Gasteiger partial charge in [-0.1, -0.05) is 44.2 Å². The molecule has 1 aliphatic carbocycles. The van der Waals surface area contributed by atoms with Gasteiger partial charge in [0.1, 0.15) is 23.4 Å². The molecule has 3 amide bonds. The highest BCUT2D eigenvalue weighted by Crippen LogP contribution is 2.37. The molecule has 2 atom stereocenters. The predicted octanol–water partition coefficient (Wildman–Crippen LogP) is 4.92. The fraction of sp³-hybridized carbons (Fsp3) is 0.464. The van der Waals surface area contributed by atoms with Crippen molar-refractivity contribution in [1.29, 1.82) is 0 Å². The number of benzene rings is 2. The average molecular weight is 496 g/mol. The number of phenolic OH excluding ortho intramolecular Hbond substituents is 1. The molecule has 0 spiro atoms. The van der Waals surface area contributed by atoms with E-state index in [1.807, 2.05) is 45.0 Å². The Morgan fingerprint density at radius 1 is 1.03 bits per heavy atom. The number of alkyl carbamates (subject to hydrolysis) is 1. The summed E-state index contributed by atoms with van der Waals surface area (Å²) in [5.41, 5.74) is 1.40. The first kappa shape index (κ1) is 27.0. The van der Waals surface area contributed by atoms with Crippen molar-refractivity contribution in [2.75, 3.05) is 5.32 Å². The zero-order valence-corrected chi connectivity index (χ0v) is 21.9. The zero-order chi connectivity index (χ0) is 26.6. The van der Waals surface area contributed by atoms with Gasteiger partial charge in [-0.05, 0) is 75.8 Å². The van der Waals surface area contributed by atoms with Gasteiger partial charge in [-0.15, -0.1) is 0 Å². The third kappa shape index (κ3) is 6.99. The van der Waals surface area contributed by atoms with Gasteiger partial charge in [-0.2, -0.15) is 0 Å². The Bertz CT molecular complexity index is 1090. The quantitative estimate of drug-likeness (QED) is 0.482. The standard InChI is InChI=1S/C28H37N3O5/c1-17(2)23(30-27(35)36-28(4,5)6)26(34)31(20-13-14-20)24(19-11-15-21(32)16-12-19)25(33)29-22-10-8-7-9-18(22)3/h7-12,15-17,20,23-24,32H,13-14H2,1-6H3,(H,29,33)(H,30,35). The van der Waals surface area contributed by atoms with Crippen LogP contribution in [0, 0.1) is 12.8 Å². The van der Waals surface area contributed by atoms with E-state index in [0.717, 1.165) is 18.4 Å². The summed E-state index contributed by atoms with van der Waals surface area (Å²) in [6.45, 7) is 10.8. The van der Waals surface area contributed by atoms with E-state index in [1.54, 1.807) is 37.8 Å². The summed E-state index contributed by atoms with van der Waals surface area (Å²) < 4.78 is 5.39. The fourth-order valence-corrected chi connectivity index (χ4v) is 3.99. The molecule has 36 heavy (non-hydrogen) atoms. The highest BCUT2D eigenvalue weighted by molar-refractivity contribution is 5.99. The first-order chi connectivity index (χ1) is 16.9. The number of para-hydroxylation sites is 1. The number of nitrogens with one attached hydrogen (secondary N) is 2. The summed E-state index contributed by atoms with van der Waals surface area (Å²) in [6.07, 6.45) is 0.834. The van der Waals surface area contributed by atoms with Crippen molar-refractivity contribution in [3.8, 4) is 5.75 Å². The van der Waals surface area contributed by atoms with Crippen molar-refractivity contribution in [3.63, 3.8) is 0 Å². The number of aromatic hydroxyl groups is 1. The van der Waals surface area contributed by atoms with E-state index in [9.17, 15) is 19.5 Å². The van der Waals surface area contributed by atoms with Crippen molar-refractivity contribution in [3.05, 3.63) is 59.7 Å². The highest BCUT2D eigenvalue weighted by atomic mass is 16.6. The summed E-state index contributed by atoms with van der Waals surface area (Å²) in [5.74, 6) is -0.898. The van der Waals surface area contributed by atoms with Crippen LogP contribution in [0.1, 0.15) is 64.6 Å². The Morgan fingerprint density at radius 3 is 2.17 bits per heavy atom. The summed E-state index contributed by atoms with van der Waals surface area (Å²) in [6, 6.07) is 11.7. The van der Waals surface area contributed by atoms with Crippen molar-refractivity contribution in [2.45, 2.75) is 78.1 Å². The molecule has 2 aromatic carbocycles. The number of anilines is 1. The summed E-state index contributed by atoms with van der Waals surface area (Å²) >= 11 is 0. The molecule has 0 aliphatic heterocycles. The molecule has 1 saturated carbocycles. The number of carbonyl (C=O) groups excluding carboxylic acids is 3. The van der Waals surface area contributed by atoms with Crippen molar-refractivity contribution in [2.24, 2.45) is 5.92 Å². The Morgan fingerprint density at radius 2 is 1.64 bits per heavy atom. The number of hydrogen-bond acceptors (Lipinski definition) is 5. The van der Waals surface area contributed by atoms with E-state index in [0.29, 0.717) is 11.3 Å². The molecule has 194 valence electrons. The number of phenols is 1. The minimum atomic E-state index is -0.952. The largest absolute Gasteiger partial charge is 0.508 e. The van der Waals surface area contributed by atoms with Crippen LogP contribution in [0.4, 0.5) is 10.5 Å². The van der Waals surface area contributed by atoms with Gasteiger partial charge in [0.2, 0.25) is 5.91 Å². The van der Waals surface area contributed by atoms with Gasteiger partial charge in [0.15, 0.2) is 0 Å². The normalized spacial score (nSPS) is 15.1. The van der Waals surface area contributed by atoms with Crippen LogP contribution in [0.15, 0.2) is 48.5 Å². The molecule has 1 fully saturated rings. The van der Waals surface area contributed by atoms with Gasteiger partial charge in [-0.3, -0.25) is 9.59 Å². The molecule has 2 unspecified atom stereocenters. The topological polar surface area (TPSA) is 108 Å². The molecule has 1 aliphatic rings. The van der Waals surface area contributed by atoms with Crippen LogP contribution in [-0.4, -0.2) is 45.6 Å². The number of hydrogen-bond donors (Lipinski definition) is 3. The summed E-state index contributed by atoms with van der Waals surface area (Å²) in [5, 5.41) is 15.5. The van der Waals surface area contributed by atoms with Crippen LogP contribution < -0.4 is 10.6 Å². The van der Waals surface area contributed by atoms with Gasteiger partial charge in [0.05, 0.1) is 0 Å². The van der Waals surface area contributed by atoms with Crippen molar-refractivity contribution >= 4 is 23.6 Å². The smallest absolute Gasteiger partial charge is 0.408 e. The molecule has 0 bridgehead atoms. The third-order valence-electron chi connectivity index (χ3n) is 5.94.